The number of ether oxygens (including phenoxy) is 2. The zero-order chi connectivity index (χ0) is 34.0. The average Bonchev–Trinajstić information content (AvgIpc) is 2.91. The molecular weight excluding hydrogens is 656 g/mol. The van der Waals surface area contributed by atoms with E-state index in [1.807, 2.05) is 0 Å². The minimum atomic E-state index is -6.69. The fraction of sp³-hybridized carbons (Fsp3) is 0.308. The molecule has 0 saturated carbocycles. The van der Waals surface area contributed by atoms with E-state index in [2.05, 4.69) is 4.74 Å². The molecule has 0 bridgehead atoms. The van der Waals surface area contributed by atoms with Crippen molar-refractivity contribution in [2.75, 3.05) is 11.6 Å². The van der Waals surface area contributed by atoms with Crippen LogP contribution in [-0.4, -0.2) is 48.6 Å². The minimum Gasteiger partial charge on any atom is -0.457 e. The SMILES string of the molecule is OC(CN(Oc1cccc(C(F)(F)C(F)(F)C(F)(F)F)c1)c1cccc(Oc2cccc(OC(F)(F)C(F)F)c2)c1)C(F)(F)F. The second-order valence-corrected chi connectivity index (χ2v) is 8.92. The zero-order valence-electron chi connectivity index (χ0n) is 21.7. The topological polar surface area (TPSA) is 51.2 Å². The second-order valence-electron chi connectivity index (χ2n) is 8.92. The van der Waals surface area contributed by atoms with Gasteiger partial charge in [0.25, 0.3) is 0 Å². The minimum absolute atomic E-state index is 0.00758. The number of aliphatic hydroxyl groups excluding tert-OH is 1. The quantitative estimate of drug-likeness (QED) is 0.154. The molecule has 1 unspecified atom stereocenters. The maximum atomic E-state index is 14.2. The van der Waals surface area contributed by atoms with Crippen LogP contribution in [0.4, 0.5) is 67.2 Å². The first kappa shape index (κ1) is 35.3. The summed E-state index contributed by atoms with van der Waals surface area (Å²) in [5, 5.41) is 9.81. The molecule has 45 heavy (non-hydrogen) atoms. The van der Waals surface area contributed by atoms with Crippen molar-refractivity contribution in [2.45, 2.75) is 42.8 Å². The molecule has 0 heterocycles. The van der Waals surface area contributed by atoms with Crippen molar-refractivity contribution >= 4 is 5.69 Å². The Kier molecular flexibility index (Phi) is 9.95. The van der Waals surface area contributed by atoms with Crippen LogP contribution in [0.2, 0.25) is 0 Å². The van der Waals surface area contributed by atoms with Crippen LogP contribution in [0.25, 0.3) is 0 Å². The molecule has 0 saturated heterocycles. The number of hydrogen-bond donors (Lipinski definition) is 1. The van der Waals surface area contributed by atoms with E-state index in [0.29, 0.717) is 6.07 Å². The molecule has 3 aromatic rings. The van der Waals surface area contributed by atoms with Gasteiger partial charge in [-0.25, -0.2) is 5.06 Å². The number of alkyl halides is 14. The molecule has 0 aromatic heterocycles. The molecule has 248 valence electrons. The van der Waals surface area contributed by atoms with Crippen LogP contribution >= 0.6 is 0 Å². The van der Waals surface area contributed by atoms with Crippen molar-refractivity contribution in [2.24, 2.45) is 0 Å². The number of nitrogens with zero attached hydrogens (tertiary/aromatic N) is 1. The maximum absolute atomic E-state index is 14.2. The third kappa shape index (κ3) is 8.31. The van der Waals surface area contributed by atoms with Crippen LogP contribution in [-0.2, 0) is 5.92 Å². The Bertz CT molecular complexity index is 1450. The summed E-state index contributed by atoms with van der Waals surface area (Å²) in [6, 6.07) is 9.40. The standard InChI is InChI=1S/C26H17F14NO4/c27-21(28)24(34,35)44-18-8-3-7-17(12-18)43-16-6-2-5-15(11-16)41(13-20(42)23(31,32)33)45-19-9-1-4-14(10-19)22(29,30)25(36,37)26(38,39)40/h1-12,20-21,42H,13H2. The molecule has 0 radical (unpaired) electrons. The third-order valence-electron chi connectivity index (χ3n) is 5.53. The molecule has 3 aromatic carbocycles. The highest BCUT2D eigenvalue weighted by Crippen LogP contribution is 2.52. The smallest absolute Gasteiger partial charge is 0.457 e. The lowest BCUT2D eigenvalue weighted by molar-refractivity contribution is -0.359. The van der Waals surface area contributed by atoms with Crippen LogP contribution in [0.1, 0.15) is 5.56 Å². The van der Waals surface area contributed by atoms with Gasteiger partial charge in [-0.3, -0.25) is 0 Å². The highest BCUT2D eigenvalue weighted by molar-refractivity contribution is 5.51. The Morgan fingerprint density at radius 2 is 1.20 bits per heavy atom. The summed E-state index contributed by atoms with van der Waals surface area (Å²) in [4.78, 5) is 5.09. The van der Waals surface area contributed by atoms with Crippen molar-refractivity contribution < 1.29 is 80.9 Å². The van der Waals surface area contributed by atoms with Gasteiger partial charge in [0.05, 0.1) is 12.2 Å². The van der Waals surface area contributed by atoms with Crippen LogP contribution in [0.5, 0.6) is 23.0 Å². The van der Waals surface area contributed by atoms with Crippen molar-refractivity contribution in [3.05, 3.63) is 78.4 Å². The molecule has 0 amide bonds. The van der Waals surface area contributed by atoms with Gasteiger partial charge in [0, 0.05) is 17.7 Å². The van der Waals surface area contributed by atoms with Crippen molar-refractivity contribution in [3.8, 4) is 23.0 Å². The van der Waals surface area contributed by atoms with Crippen LogP contribution in [0.3, 0.4) is 0 Å². The predicted molar refractivity (Wildman–Crippen MR) is 126 cm³/mol. The van der Waals surface area contributed by atoms with Crippen LogP contribution in [0, 0.1) is 0 Å². The molecule has 0 aliphatic heterocycles. The summed E-state index contributed by atoms with van der Waals surface area (Å²) in [7, 11) is 0. The van der Waals surface area contributed by atoms with E-state index in [9.17, 15) is 66.6 Å². The predicted octanol–water partition coefficient (Wildman–Crippen LogP) is 8.73. The number of anilines is 1. The van der Waals surface area contributed by atoms with E-state index in [1.165, 1.54) is 0 Å². The summed E-state index contributed by atoms with van der Waals surface area (Å²) in [5.41, 5.74) is -2.37. The van der Waals surface area contributed by atoms with E-state index in [0.717, 1.165) is 54.6 Å². The second kappa shape index (κ2) is 12.7. The van der Waals surface area contributed by atoms with E-state index in [-0.39, 0.29) is 28.7 Å². The Hall–Kier alpha value is -4.16. The molecule has 1 atom stereocenters. The summed E-state index contributed by atoms with van der Waals surface area (Å²) in [5.74, 6) is -14.8. The van der Waals surface area contributed by atoms with Gasteiger partial charge in [-0.15, -0.1) is 0 Å². The van der Waals surface area contributed by atoms with Gasteiger partial charge in [0.15, 0.2) is 11.9 Å². The molecule has 0 spiro atoms. The summed E-state index contributed by atoms with van der Waals surface area (Å²) < 4.78 is 194. The van der Waals surface area contributed by atoms with Crippen molar-refractivity contribution in [1.82, 2.24) is 0 Å². The fourth-order valence-electron chi connectivity index (χ4n) is 3.33. The van der Waals surface area contributed by atoms with Gasteiger partial charge in [-0.2, -0.15) is 61.5 Å². The van der Waals surface area contributed by atoms with Gasteiger partial charge >= 0.3 is 36.7 Å². The summed E-state index contributed by atoms with van der Waals surface area (Å²) >= 11 is 0. The largest absolute Gasteiger partial charge is 0.461 e. The van der Waals surface area contributed by atoms with Crippen LogP contribution in [0.15, 0.2) is 72.8 Å². The van der Waals surface area contributed by atoms with Crippen LogP contribution < -0.4 is 19.4 Å². The molecule has 0 aliphatic rings. The van der Waals surface area contributed by atoms with E-state index < -0.39 is 72.1 Å². The lowest BCUT2D eigenvalue weighted by Gasteiger charge is -2.30. The maximum Gasteiger partial charge on any atom is 0.461 e. The van der Waals surface area contributed by atoms with Gasteiger partial charge in [-0.05, 0) is 36.4 Å². The van der Waals surface area contributed by atoms with E-state index in [4.69, 9.17) is 9.57 Å². The lowest BCUT2D eigenvalue weighted by Crippen LogP contribution is -2.50. The van der Waals surface area contributed by atoms with Gasteiger partial charge in [0.2, 0.25) is 0 Å². The number of halogens is 14. The Morgan fingerprint density at radius 1 is 0.667 bits per heavy atom. The number of aliphatic hydroxyl groups is 1. The molecule has 0 fully saturated rings. The first-order valence-corrected chi connectivity index (χ1v) is 11.9. The third-order valence-corrected chi connectivity index (χ3v) is 5.53. The van der Waals surface area contributed by atoms with Gasteiger partial charge in [-0.1, -0.05) is 24.3 Å². The van der Waals surface area contributed by atoms with E-state index in [1.54, 1.807) is 0 Å². The number of hydrogen-bond acceptors (Lipinski definition) is 5. The fourth-order valence-corrected chi connectivity index (χ4v) is 3.33. The summed E-state index contributed by atoms with van der Waals surface area (Å²) in [6.07, 6.45) is -24.2. The van der Waals surface area contributed by atoms with Gasteiger partial charge in [0.1, 0.15) is 17.2 Å². The Labute approximate surface area is 243 Å². The average molecular weight is 673 g/mol. The Morgan fingerprint density at radius 3 is 1.78 bits per heavy atom. The van der Waals surface area contributed by atoms with E-state index >= 15 is 0 Å². The number of rotatable bonds is 12. The molecule has 1 N–H and O–H groups in total. The molecule has 3 rings (SSSR count). The zero-order valence-corrected chi connectivity index (χ0v) is 21.7. The molecule has 5 nitrogen and oxygen atoms in total. The Balaban J connectivity index is 1.94. The normalized spacial score (nSPS) is 13.9. The highest BCUT2D eigenvalue weighted by Gasteiger charge is 2.73. The lowest BCUT2D eigenvalue weighted by atomic mass is 10.0. The number of benzene rings is 3. The van der Waals surface area contributed by atoms with Gasteiger partial charge < -0.3 is 19.4 Å². The molecule has 19 heteroatoms. The summed E-state index contributed by atoms with van der Waals surface area (Å²) in [6.45, 7) is -1.52. The monoisotopic (exact) mass is 673 g/mol. The molecular formula is C26H17F14NO4. The highest BCUT2D eigenvalue weighted by atomic mass is 19.4. The van der Waals surface area contributed by atoms with Crippen molar-refractivity contribution in [1.29, 1.82) is 0 Å². The molecule has 0 aliphatic carbocycles. The van der Waals surface area contributed by atoms with Crippen molar-refractivity contribution in [3.63, 3.8) is 0 Å². The number of hydroxylamine groups is 1. The first-order valence-electron chi connectivity index (χ1n) is 11.9. The first-order chi connectivity index (χ1) is 20.5.